The van der Waals surface area contributed by atoms with Gasteiger partial charge in [0.05, 0.1) is 0 Å². The van der Waals surface area contributed by atoms with E-state index in [0.29, 0.717) is 11.5 Å². The Morgan fingerprint density at radius 2 is 1.58 bits per heavy atom. The zero-order valence-corrected chi connectivity index (χ0v) is 14.3. The Bertz CT molecular complexity index is 983. The highest BCUT2D eigenvalue weighted by Gasteiger charge is 2.49. The van der Waals surface area contributed by atoms with Crippen LogP contribution >= 0.6 is 0 Å². The molecule has 4 heteroatoms. The van der Waals surface area contributed by atoms with Crippen LogP contribution in [0.15, 0.2) is 77.3 Å². The van der Waals surface area contributed by atoms with Gasteiger partial charge in [0.1, 0.15) is 0 Å². The van der Waals surface area contributed by atoms with E-state index in [-0.39, 0.29) is 11.3 Å². The maximum Gasteiger partial charge on any atom is 0.276 e. The van der Waals surface area contributed by atoms with Gasteiger partial charge in [0.2, 0.25) is 0 Å². The molecule has 2 aromatic carbocycles. The van der Waals surface area contributed by atoms with Crippen molar-refractivity contribution in [1.29, 1.82) is 0 Å². The van der Waals surface area contributed by atoms with Crippen molar-refractivity contribution in [3.8, 4) is 11.3 Å². The van der Waals surface area contributed by atoms with Crippen LogP contribution in [0.4, 0.5) is 0 Å². The van der Waals surface area contributed by atoms with Crippen LogP contribution in [-0.2, 0) is 0 Å². The summed E-state index contributed by atoms with van der Waals surface area (Å²) in [5.41, 5.74) is 4.13. The molecule has 1 aromatic heterocycles. The monoisotopic (exact) mass is 342 g/mol. The number of benzene rings is 2. The first-order valence-electron chi connectivity index (χ1n) is 8.81. The molecular weight excluding hydrogens is 324 g/mol. The van der Waals surface area contributed by atoms with Gasteiger partial charge in [-0.05, 0) is 17.6 Å². The Morgan fingerprint density at radius 3 is 2.23 bits per heavy atom. The smallest absolute Gasteiger partial charge is 0.276 e. The second kappa shape index (κ2) is 5.70. The molecule has 5 rings (SSSR count). The topological polar surface area (TPSA) is 46.3 Å². The third kappa shape index (κ3) is 2.46. The first kappa shape index (κ1) is 15.1. The molecule has 2 heterocycles. The Kier molecular flexibility index (Phi) is 3.32. The molecule has 26 heavy (non-hydrogen) atoms. The summed E-state index contributed by atoms with van der Waals surface area (Å²) in [6, 6.07) is 21.9. The van der Waals surface area contributed by atoms with Crippen LogP contribution in [0.3, 0.4) is 0 Å². The number of allylic oxidation sites excluding steroid dienone is 1. The second-order valence-corrected chi connectivity index (χ2v) is 7.18. The fourth-order valence-corrected chi connectivity index (χ4v) is 3.89. The van der Waals surface area contributed by atoms with Crippen molar-refractivity contribution in [2.24, 2.45) is 5.41 Å². The largest absolute Gasteiger partial charge is 0.355 e. The first-order chi connectivity index (χ1) is 12.7. The Hall–Kier alpha value is -3.14. The van der Waals surface area contributed by atoms with Crippen molar-refractivity contribution in [1.82, 2.24) is 10.1 Å². The van der Waals surface area contributed by atoms with Crippen LogP contribution < -0.4 is 0 Å². The van der Waals surface area contributed by atoms with E-state index in [0.717, 1.165) is 25.1 Å². The van der Waals surface area contributed by atoms with Gasteiger partial charge in [-0.2, -0.15) is 0 Å². The van der Waals surface area contributed by atoms with Crippen LogP contribution in [0.1, 0.15) is 22.5 Å². The van der Waals surface area contributed by atoms with Gasteiger partial charge in [-0.15, -0.1) is 0 Å². The molecule has 3 aromatic rings. The number of rotatable bonds is 3. The molecule has 1 aliphatic carbocycles. The third-order valence-electron chi connectivity index (χ3n) is 5.25. The molecule has 0 radical (unpaired) electrons. The van der Waals surface area contributed by atoms with E-state index in [2.05, 4.69) is 35.5 Å². The molecule has 1 amide bonds. The molecule has 0 atom stereocenters. The summed E-state index contributed by atoms with van der Waals surface area (Å²) in [7, 11) is 0. The number of hydrogen-bond acceptors (Lipinski definition) is 3. The predicted octanol–water partition coefficient (Wildman–Crippen LogP) is 4.27. The lowest BCUT2D eigenvalue weighted by Crippen LogP contribution is -2.60. The summed E-state index contributed by atoms with van der Waals surface area (Å²) in [6.45, 7) is 1.52. The first-order valence-corrected chi connectivity index (χ1v) is 8.81. The number of carbonyl (C=O) groups is 1. The quantitative estimate of drug-likeness (QED) is 0.714. The summed E-state index contributed by atoms with van der Waals surface area (Å²) in [6.07, 6.45) is 3.36. The average molecular weight is 342 g/mol. The van der Waals surface area contributed by atoms with E-state index in [9.17, 15) is 4.79 Å². The number of aromatic nitrogens is 1. The van der Waals surface area contributed by atoms with Crippen molar-refractivity contribution in [2.45, 2.75) is 6.42 Å². The minimum Gasteiger partial charge on any atom is -0.355 e. The van der Waals surface area contributed by atoms with E-state index in [1.807, 2.05) is 41.3 Å². The summed E-state index contributed by atoms with van der Waals surface area (Å²) < 4.78 is 5.35. The normalized spacial score (nSPS) is 17.4. The van der Waals surface area contributed by atoms with Crippen molar-refractivity contribution < 1.29 is 9.32 Å². The molecule has 0 bridgehead atoms. The van der Waals surface area contributed by atoms with Crippen molar-refractivity contribution in [3.05, 3.63) is 84.1 Å². The number of carbonyl (C=O) groups excluding carboxylic acids is 1. The van der Waals surface area contributed by atoms with Crippen LogP contribution in [0.25, 0.3) is 16.9 Å². The third-order valence-corrected chi connectivity index (χ3v) is 5.25. The molecule has 1 saturated heterocycles. The van der Waals surface area contributed by atoms with Gasteiger partial charge in [-0.25, -0.2) is 0 Å². The minimum atomic E-state index is -0.0527. The van der Waals surface area contributed by atoms with E-state index in [4.69, 9.17) is 4.52 Å². The lowest BCUT2D eigenvalue weighted by molar-refractivity contribution is 0.0238. The molecular formula is C22H18N2O2. The van der Waals surface area contributed by atoms with Crippen LogP contribution in [0.5, 0.6) is 0 Å². The van der Waals surface area contributed by atoms with Gasteiger partial charge >= 0.3 is 0 Å². The van der Waals surface area contributed by atoms with Gasteiger partial charge in [-0.3, -0.25) is 4.79 Å². The second-order valence-electron chi connectivity index (χ2n) is 7.18. The van der Waals surface area contributed by atoms with E-state index in [1.165, 1.54) is 11.1 Å². The highest BCUT2D eigenvalue weighted by atomic mass is 16.5. The van der Waals surface area contributed by atoms with Crippen LogP contribution in [0.2, 0.25) is 0 Å². The van der Waals surface area contributed by atoms with Crippen LogP contribution in [-0.4, -0.2) is 29.1 Å². The van der Waals surface area contributed by atoms with Gasteiger partial charge in [0.15, 0.2) is 11.5 Å². The lowest BCUT2D eigenvalue weighted by Gasteiger charge is -2.53. The Labute approximate surface area is 151 Å². The fraction of sp³-hybridized carbons (Fsp3) is 0.182. The van der Waals surface area contributed by atoms with Crippen molar-refractivity contribution >= 4 is 11.5 Å². The maximum atomic E-state index is 12.6. The van der Waals surface area contributed by atoms with Gasteiger partial charge in [0, 0.05) is 30.1 Å². The molecule has 0 saturated carbocycles. The molecule has 1 spiro atoms. The molecule has 0 N–H and O–H groups in total. The van der Waals surface area contributed by atoms with Crippen LogP contribution in [0, 0.1) is 5.41 Å². The Balaban J connectivity index is 1.26. The van der Waals surface area contributed by atoms with E-state index in [1.54, 1.807) is 6.07 Å². The summed E-state index contributed by atoms with van der Waals surface area (Å²) in [5, 5.41) is 3.97. The van der Waals surface area contributed by atoms with Crippen molar-refractivity contribution in [3.63, 3.8) is 0 Å². The number of nitrogens with zero attached hydrogens (tertiary/aromatic N) is 2. The zero-order chi connectivity index (χ0) is 17.6. The fourth-order valence-electron chi connectivity index (χ4n) is 3.89. The van der Waals surface area contributed by atoms with Gasteiger partial charge < -0.3 is 9.42 Å². The zero-order valence-electron chi connectivity index (χ0n) is 14.3. The summed E-state index contributed by atoms with van der Waals surface area (Å²) in [5.74, 6) is 0.571. The molecule has 0 unspecified atom stereocenters. The van der Waals surface area contributed by atoms with E-state index >= 15 is 0 Å². The van der Waals surface area contributed by atoms with Crippen molar-refractivity contribution in [2.75, 3.05) is 13.1 Å². The molecule has 1 fully saturated rings. The number of hydrogen-bond donors (Lipinski definition) is 0. The molecule has 1 aliphatic heterocycles. The highest BCUT2D eigenvalue weighted by molar-refractivity contribution is 5.94. The number of likely N-dealkylation sites (tertiary alicyclic amines) is 1. The average Bonchev–Trinajstić information content (AvgIpc) is 3.11. The van der Waals surface area contributed by atoms with Gasteiger partial charge in [-0.1, -0.05) is 71.9 Å². The molecule has 128 valence electrons. The highest BCUT2D eigenvalue weighted by Crippen LogP contribution is 2.50. The standard InChI is InChI=1S/C22H18N2O2/c25-21(19-11-20(26-23-19)17-9-5-2-6-10-17)24-14-22(15-24)12-18(13-22)16-7-3-1-4-8-16/h1-12H,13-15H2. The predicted molar refractivity (Wildman–Crippen MR) is 99.3 cm³/mol. The molecule has 2 aliphatic rings. The van der Waals surface area contributed by atoms with Gasteiger partial charge in [0.25, 0.3) is 5.91 Å². The maximum absolute atomic E-state index is 12.6. The van der Waals surface area contributed by atoms with E-state index < -0.39 is 0 Å². The minimum absolute atomic E-state index is 0.0527. The Morgan fingerprint density at radius 1 is 0.962 bits per heavy atom. The lowest BCUT2D eigenvalue weighted by atomic mass is 9.64. The molecule has 4 nitrogen and oxygen atoms in total. The summed E-state index contributed by atoms with van der Waals surface area (Å²) >= 11 is 0. The number of amides is 1. The summed E-state index contributed by atoms with van der Waals surface area (Å²) in [4.78, 5) is 14.5. The SMILES string of the molecule is O=C(c1cc(-c2ccccc2)on1)N1CC2(C=C(c3ccccc3)C2)C1.